The summed E-state index contributed by atoms with van der Waals surface area (Å²) >= 11 is 0. The largest absolute Gasteiger partial charge is 0.457 e. The lowest BCUT2D eigenvalue weighted by Crippen LogP contribution is -2.48. The molecule has 0 unspecified atom stereocenters. The van der Waals surface area contributed by atoms with E-state index in [1.165, 1.54) is 5.56 Å². The first-order chi connectivity index (χ1) is 18.7. The number of para-hydroxylation sites is 4. The van der Waals surface area contributed by atoms with Gasteiger partial charge in [0.15, 0.2) is 0 Å². The Hall–Kier alpha value is -4.42. The van der Waals surface area contributed by atoms with Crippen LogP contribution in [0.2, 0.25) is 0 Å². The minimum Gasteiger partial charge on any atom is -0.457 e. The zero-order valence-electron chi connectivity index (χ0n) is 21.2. The monoisotopic (exact) mass is 502 g/mol. The molecule has 1 aliphatic rings. The van der Waals surface area contributed by atoms with Crippen LogP contribution in [0.25, 0.3) is 11.0 Å². The van der Waals surface area contributed by atoms with E-state index in [4.69, 9.17) is 9.72 Å². The summed E-state index contributed by atoms with van der Waals surface area (Å²) < 4.78 is 8.36. The van der Waals surface area contributed by atoms with E-state index in [1.54, 1.807) is 0 Å². The number of fused-ring (bicyclic) bond motifs is 1. The number of hydrogen-bond donors (Lipinski definition) is 0. The van der Waals surface area contributed by atoms with Crippen LogP contribution < -0.4 is 4.74 Å². The van der Waals surface area contributed by atoms with Crippen LogP contribution in [0.15, 0.2) is 109 Å². The smallest absolute Gasteiger partial charge is 0.257 e. The molecule has 0 spiro atoms. The van der Waals surface area contributed by atoms with Crippen molar-refractivity contribution in [2.24, 2.45) is 0 Å². The molecule has 5 aromatic rings. The van der Waals surface area contributed by atoms with Crippen molar-refractivity contribution in [2.45, 2.75) is 13.1 Å². The van der Waals surface area contributed by atoms with Crippen molar-refractivity contribution in [3.63, 3.8) is 0 Å². The van der Waals surface area contributed by atoms with Gasteiger partial charge in [-0.1, -0.05) is 72.8 Å². The number of rotatable bonds is 7. The van der Waals surface area contributed by atoms with Crippen molar-refractivity contribution < 1.29 is 9.53 Å². The van der Waals surface area contributed by atoms with Gasteiger partial charge >= 0.3 is 0 Å². The molecule has 1 aliphatic heterocycles. The van der Waals surface area contributed by atoms with E-state index in [9.17, 15) is 4.79 Å². The van der Waals surface area contributed by atoms with Crippen LogP contribution in [0.5, 0.6) is 11.5 Å². The molecule has 4 aromatic carbocycles. The second-order valence-electron chi connectivity index (χ2n) is 9.57. The van der Waals surface area contributed by atoms with Gasteiger partial charge in [-0.2, -0.15) is 0 Å². The van der Waals surface area contributed by atoms with Crippen molar-refractivity contribution in [1.82, 2.24) is 19.4 Å². The lowest BCUT2D eigenvalue weighted by Gasteiger charge is -2.34. The molecule has 0 bridgehead atoms. The molecular weight excluding hydrogens is 472 g/mol. The third-order valence-corrected chi connectivity index (χ3v) is 7.03. The number of carbonyl (C=O) groups excluding carboxylic acids is 1. The highest BCUT2D eigenvalue weighted by Gasteiger charge is 2.25. The third-order valence-electron chi connectivity index (χ3n) is 7.03. The van der Waals surface area contributed by atoms with Crippen molar-refractivity contribution in [1.29, 1.82) is 0 Å². The number of hydrogen-bond acceptors (Lipinski definition) is 4. The summed E-state index contributed by atoms with van der Waals surface area (Å²) in [5.41, 5.74) is 4.01. The van der Waals surface area contributed by atoms with Crippen LogP contribution in [0.4, 0.5) is 0 Å². The minimum atomic E-state index is 0.00694. The lowest BCUT2D eigenvalue weighted by molar-refractivity contribution is 0.0622. The number of ether oxygens (including phenoxy) is 1. The topological polar surface area (TPSA) is 50.6 Å². The zero-order chi connectivity index (χ0) is 25.7. The van der Waals surface area contributed by atoms with Gasteiger partial charge in [0.25, 0.3) is 5.91 Å². The van der Waals surface area contributed by atoms with Gasteiger partial charge in [-0.15, -0.1) is 0 Å². The maximum absolute atomic E-state index is 13.5. The van der Waals surface area contributed by atoms with Crippen LogP contribution >= 0.6 is 0 Å². The number of piperazine rings is 1. The Morgan fingerprint density at radius 2 is 1.37 bits per heavy atom. The number of nitrogens with zero attached hydrogens (tertiary/aromatic N) is 4. The van der Waals surface area contributed by atoms with Crippen LogP contribution in [0, 0.1) is 0 Å². The number of amides is 1. The summed E-state index contributed by atoms with van der Waals surface area (Å²) in [6.45, 7) is 4.45. The predicted octanol–water partition coefficient (Wildman–Crippen LogP) is 5.83. The highest BCUT2D eigenvalue weighted by Crippen LogP contribution is 2.27. The molecule has 38 heavy (non-hydrogen) atoms. The molecule has 0 atom stereocenters. The fraction of sp³-hybridized carbons (Fsp3) is 0.188. The van der Waals surface area contributed by atoms with E-state index in [-0.39, 0.29) is 5.91 Å². The van der Waals surface area contributed by atoms with E-state index < -0.39 is 0 Å². The Bertz CT molecular complexity index is 1520. The maximum Gasteiger partial charge on any atom is 0.257 e. The fourth-order valence-electron chi connectivity index (χ4n) is 5.02. The van der Waals surface area contributed by atoms with Gasteiger partial charge in [0, 0.05) is 32.7 Å². The van der Waals surface area contributed by atoms with Crippen LogP contribution in [0.3, 0.4) is 0 Å². The van der Waals surface area contributed by atoms with E-state index in [2.05, 4.69) is 51.9 Å². The molecule has 0 aliphatic carbocycles. The van der Waals surface area contributed by atoms with Gasteiger partial charge in [0.1, 0.15) is 17.3 Å². The van der Waals surface area contributed by atoms with Crippen LogP contribution in [-0.4, -0.2) is 51.4 Å². The molecule has 2 heterocycles. The Morgan fingerprint density at radius 1 is 0.711 bits per heavy atom. The molecule has 1 saturated heterocycles. The number of imidazole rings is 1. The first kappa shape index (κ1) is 23.9. The lowest BCUT2D eigenvalue weighted by atomic mass is 10.1. The first-order valence-corrected chi connectivity index (χ1v) is 13.1. The molecule has 6 heteroatoms. The highest BCUT2D eigenvalue weighted by atomic mass is 16.5. The average Bonchev–Trinajstić information content (AvgIpc) is 3.31. The Labute approximate surface area is 222 Å². The van der Waals surface area contributed by atoms with Crippen LogP contribution in [0.1, 0.15) is 21.7 Å². The summed E-state index contributed by atoms with van der Waals surface area (Å²) in [5, 5.41) is 0. The van der Waals surface area contributed by atoms with Gasteiger partial charge in [-0.3, -0.25) is 9.69 Å². The molecule has 6 rings (SSSR count). The average molecular weight is 503 g/mol. The zero-order valence-corrected chi connectivity index (χ0v) is 21.2. The van der Waals surface area contributed by atoms with E-state index in [1.807, 2.05) is 71.6 Å². The van der Waals surface area contributed by atoms with Crippen molar-refractivity contribution in [3.05, 3.63) is 126 Å². The van der Waals surface area contributed by atoms with Gasteiger partial charge < -0.3 is 14.2 Å². The first-order valence-electron chi connectivity index (χ1n) is 13.1. The van der Waals surface area contributed by atoms with Crippen molar-refractivity contribution in [3.8, 4) is 11.5 Å². The third kappa shape index (κ3) is 5.17. The minimum absolute atomic E-state index is 0.00694. The molecule has 1 fully saturated rings. The molecule has 190 valence electrons. The molecule has 0 saturated carbocycles. The van der Waals surface area contributed by atoms with Crippen LogP contribution in [-0.2, 0) is 13.1 Å². The van der Waals surface area contributed by atoms with Crippen molar-refractivity contribution >= 4 is 16.9 Å². The molecular formula is C32H30N4O2. The standard InChI is InChI=1S/C32H30N4O2/c37-32(27-15-7-10-18-30(27)38-26-13-5-2-6-14-26)35-21-19-34(20-22-35)24-31-33-28-16-8-9-17-29(28)36(31)23-25-11-3-1-4-12-25/h1-18H,19-24H2. The Balaban J connectivity index is 1.15. The summed E-state index contributed by atoms with van der Waals surface area (Å²) in [6.07, 6.45) is 0. The molecule has 1 aromatic heterocycles. The molecule has 6 nitrogen and oxygen atoms in total. The summed E-state index contributed by atoms with van der Waals surface area (Å²) in [6, 6.07) is 35.9. The predicted molar refractivity (Wildman–Crippen MR) is 149 cm³/mol. The van der Waals surface area contributed by atoms with E-state index in [0.29, 0.717) is 24.4 Å². The Kier molecular flexibility index (Phi) is 6.87. The molecule has 0 N–H and O–H groups in total. The quantitative estimate of drug-likeness (QED) is 0.281. The fourth-order valence-corrected chi connectivity index (χ4v) is 5.02. The number of carbonyl (C=O) groups is 1. The van der Waals surface area contributed by atoms with Gasteiger partial charge in [0.05, 0.1) is 23.1 Å². The Morgan fingerprint density at radius 3 is 2.16 bits per heavy atom. The van der Waals surface area contributed by atoms with Gasteiger partial charge in [-0.25, -0.2) is 4.98 Å². The number of benzene rings is 4. The summed E-state index contributed by atoms with van der Waals surface area (Å²) in [4.78, 5) is 22.8. The summed E-state index contributed by atoms with van der Waals surface area (Å²) in [7, 11) is 0. The van der Waals surface area contributed by atoms with Gasteiger partial charge in [-0.05, 0) is 42.0 Å². The van der Waals surface area contributed by atoms with E-state index in [0.717, 1.165) is 48.8 Å². The van der Waals surface area contributed by atoms with Gasteiger partial charge in [0.2, 0.25) is 0 Å². The normalized spacial score (nSPS) is 14.1. The SMILES string of the molecule is O=C(c1ccccc1Oc1ccccc1)N1CCN(Cc2nc3ccccc3n2Cc2ccccc2)CC1. The van der Waals surface area contributed by atoms with E-state index >= 15 is 0 Å². The second-order valence-corrected chi connectivity index (χ2v) is 9.57. The maximum atomic E-state index is 13.5. The number of aromatic nitrogens is 2. The molecule has 0 radical (unpaired) electrons. The highest BCUT2D eigenvalue weighted by molar-refractivity contribution is 5.97. The van der Waals surface area contributed by atoms with Crippen molar-refractivity contribution in [2.75, 3.05) is 26.2 Å². The molecule has 1 amide bonds. The second kappa shape index (κ2) is 10.9. The summed E-state index contributed by atoms with van der Waals surface area (Å²) in [5.74, 6) is 2.36.